The number of carboxylic acids is 1. The van der Waals surface area contributed by atoms with E-state index < -0.39 is 18.2 Å². The summed E-state index contributed by atoms with van der Waals surface area (Å²) in [5.41, 5.74) is 1.89. The van der Waals surface area contributed by atoms with Crippen molar-refractivity contribution in [3.63, 3.8) is 0 Å². The molecular formula is C36H45ClN2O7. The molecule has 0 saturated heterocycles. The summed E-state index contributed by atoms with van der Waals surface area (Å²) in [5, 5.41) is 22.1. The summed E-state index contributed by atoms with van der Waals surface area (Å²) in [4.78, 5) is 28.7. The van der Waals surface area contributed by atoms with Gasteiger partial charge in [0.2, 0.25) is 5.91 Å². The first kappa shape index (κ1) is 32.8. The molecule has 2 heterocycles. The monoisotopic (exact) mass is 652 g/mol. The number of carbonyl (C=O) groups excluding carboxylic acids is 1. The number of aryl methyl sites for hydroxylation is 1. The van der Waals surface area contributed by atoms with Crippen molar-refractivity contribution < 1.29 is 34.0 Å². The van der Waals surface area contributed by atoms with Crippen molar-refractivity contribution in [3.8, 4) is 5.75 Å². The standard InChI is InChI=1S/C36H45ClN2O7/c1-38-15-4-3-7-31(44-2)28-11-8-25(28)19-39-21-35(14-5-6-24-16-27(37)10-12-29(24)35)22-46-32-13-9-26(17-30(32)39)36(43,18-33(38)40)23-45-20-34(41)42/h3,7,9-10,12-13,16-17,25,28,31,43H,4-6,8,11,14-15,18-23H2,1-2H3,(H,41,42)/b7-3-/t25-,28+,31-,35-,36-/m0/s1. The molecule has 4 aliphatic rings. The number of amides is 1. The third kappa shape index (κ3) is 6.65. The molecule has 1 saturated carbocycles. The summed E-state index contributed by atoms with van der Waals surface area (Å²) in [7, 11) is 3.49. The number of methoxy groups -OCH3 is 1. The normalized spacial score (nSPS) is 30.4. The van der Waals surface area contributed by atoms with Crippen LogP contribution in [0.25, 0.3) is 0 Å². The van der Waals surface area contributed by atoms with Crippen LogP contribution in [0.3, 0.4) is 0 Å². The molecule has 1 amide bonds. The van der Waals surface area contributed by atoms with Crippen LogP contribution in [0.5, 0.6) is 5.75 Å². The van der Waals surface area contributed by atoms with Crippen LogP contribution < -0.4 is 9.64 Å². The first-order valence-corrected chi connectivity index (χ1v) is 16.8. The van der Waals surface area contributed by atoms with Crippen LogP contribution in [0, 0.1) is 11.8 Å². The van der Waals surface area contributed by atoms with E-state index in [9.17, 15) is 19.8 Å². The Morgan fingerprint density at radius 2 is 2.04 bits per heavy atom. The smallest absolute Gasteiger partial charge is 0.329 e. The van der Waals surface area contributed by atoms with Crippen molar-refractivity contribution >= 4 is 29.2 Å². The zero-order chi connectivity index (χ0) is 32.5. The summed E-state index contributed by atoms with van der Waals surface area (Å²) in [6.07, 6.45) is 9.77. The number of benzene rings is 2. The Labute approximate surface area is 276 Å². The Bertz CT molecular complexity index is 1480. The van der Waals surface area contributed by atoms with Crippen LogP contribution >= 0.6 is 11.6 Å². The maximum Gasteiger partial charge on any atom is 0.329 e. The van der Waals surface area contributed by atoms with E-state index in [4.69, 9.17) is 25.8 Å². The predicted molar refractivity (Wildman–Crippen MR) is 176 cm³/mol. The number of hydrogen-bond acceptors (Lipinski definition) is 7. The second-order valence-corrected chi connectivity index (χ2v) is 14.1. The number of carbonyl (C=O) groups is 2. The number of fused-ring (bicyclic) bond motifs is 4. The average molecular weight is 653 g/mol. The Kier molecular flexibility index (Phi) is 9.67. The van der Waals surface area contributed by atoms with E-state index in [1.165, 1.54) is 11.1 Å². The van der Waals surface area contributed by atoms with Crippen molar-refractivity contribution in [1.29, 1.82) is 0 Å². The van der Waals surface area contributed by atoms with Crippen molar-refractivity contribution in [3.05, 3.63) is 70.3 Å². The number of carboxylic acid groups (broad SMARTS) is 1. The molecule has 0 aromatic heterocycles. The van der Waals surface area contributed by atoms with Gasteiger partial charge in [-0.2, -0.15) is 0 Å². The van der Waals surface area contributed by atoms with Gasteiger partial charge in [-0.1, -0.05) is 35.9 Å². The highest BCUT2D eigenvalue weighted by Crippen LogP contribution is 2.47. The second kappa shape index (κ2) is 13.6. The summed E-state index contributed by atoms with van der Waals surface area (Å²) < 4.78 is 18.1. The van der Waals surface area contributed by atoms with E-state index in [-0.39, 0.29) is 30.5 Å². The van der Waals surface area contributed by atoms with E-state index >= 15 is 0 Å². The number of nitrogens with zero attached hydrogens (tertiary/aromatic N) is 2. The molecule has 2 bridgehead atoms. The lowest BCUT2D eigenvalue weighted by molar-refractivity contribution is -0.148. The van der Waals surface area contributed by atoms with Crippen LogP contribution in [0.15, 0.2) is 48.6 Å². The molecule has 1 fully saturated rings. The zero-order valence-corrected chi connectivity index (χ0v) is 27.5. The predicted octanol–water partition coefficient (Wildman–Crippen LogP) is 4.95. The van der Waals surface area contributed by atoms with E-state index in [0.717, 1.165) is 61.7 Å². The molecule has 6 rings (SSSR count). The number of rotatable bonds is 5. The fraction of sp³-hybridized carbons (Fsp3) is 0.556. The summed E-state index contributed by atoms with van der Waals surface area (Å²) in [6, 6.07) is 11.8. The minimum absolute atomic E-state index is 0.00956. The molecule has 46 heavy (non-hydrogen) atoms. The van der Waals surface area contributed by atoms with Gasteiger partial charge in [-0.05, 0) is 91.3 Å². The maximum atomic E-state index is 13.4. The van der Waals surface area contributed by atoms with Crippen LogP contribution in [-0.2, 0) is 36.5 Å². The van der Waals surface area contributed by atoms with Crippen molar-refractivity contribution in [1.82, 2.24) is 4.90 Å². The third-order valence-electron chi connectivity index (χ3n) is 10.6. The lowest BCUT2D eigenvalue weighted by Gasteiger charge is -2.46. The molecule has 9 nitrogen and oxygen atoms in total. The fourth-order valence-electron chi connectivity index (χ4n) is 7.89. The first-order valence-electron chi connectivity index (χ1n) is 16.4. The van der Waals surface area contributed by atoms with E-state index in [1.807, 2.05) is 18.2 Å². The number of aliphatic carboxylic acids is 1. The molecular weight excluding hydrogens is 608 g/mol. The topological polar surface area (TPSA) is 109 Å². The highest BCUT2D eigenvalue weighted by atomic mass is 35.5. The van der Waals surface area contributed by atoms with Crippen LogP contribution in [0.4, 0.5) is 5.69 Å². The van der Waals surface area contributed by atoms with Crippen LogP contribution in [-0.4, -0.2) is 86.7 Å². The molecule has 10 heteroatoms. The van der Waals surface area contributed by atoms with Gasteiger partial charge in [0, 0.05) is 44.2 Å². The van der Waals surface area contributed by atoms with Gasteiger partial charge in [0.25, 0.3) is 0 Å². The Morgan fingerprint density at radius 3 is 2.80 bits per heavy atom. The lowest BCUT2D eigenvalue weighted by Crippen LogP contribution is -2.49. The van der Waals surface area contributed by atoms with Crippen molar-refractivity contribution in [2.75, 3.05) is 58.5 Å². The largest absolute Gasteiger partial charge is 0.490 e. The maximum absolute atomic E-state index is 13.4. The Balaban J connectivity index is 1.44. The molecule has 1 spiro atoms. The molecule has 5 atom stereocenters. The van der Waals surface area contributed by atoms with Gasteiger partial charge in [0.05, 0.1) is 31.4 Å². The number of anilines is 1. The molecule has 2 aliphatic carbocycles. The third-order valence-corrected chi connectivity index (χ3v) is 10.8. The number of ether oxygens (including phenoxy) is 3. The Morgan fingerprint density at radius 1 is 1.20 bits per heavy atom. The molecule has 0 radical (unpaired) electrons. The number of hydrogen-bond donors (Lipinski definition) is 2. The quantitative estimate of drug-likeness (QED) is 0.437. The molecule has 0 unspecified atom stereocenters. The zero-order valence-electron chi connectivity index (χ0n) is 26.8. The number of aliphatic hydroxyl groups is 1. The van der Waals surface area contributed by atoms with Gasteiger partial charge in [0.15, 0.2) is 0 Å². The van der Waals surface area contributed by atoms with Crippen molar-refractivity contribution in [2.45, 2.75) is 62.1 Å². The molecule has 2 aliphatic heterocycles. The van der Waals surface area contributed by atoms with Gasteiger partial charge in [-0.25, -0.2) is 4.79 Å². The minimum Gasteiger partial charge on any atom is -0.490 e. The molecule has 248 valence electrons. The van der Waals surface area contributed by atoms with E-state index in [0.29, 0.717) is 37.0 Å². The minimum atomic E-state index is -1.74. The summed E-state index contributed by atoms with van der Waals surface area (Å²) in [6.45, 7) is 1.59. The van der Waals surface area contributed by atoms with E-state index in [1.54, 1.807) is 25.1 Å². The van der Waals surface area contributed by atoms with E-state index in [2.05, 4.69) is 29.2 Å². The molecule has 2 aromatic rings. The SMILES string of the molecule is CO[C@H]1/C=C\CCN(C)C(=O)C[C@](O)(COCC(=O)O)c2ccc3c(c2)N(C[C@@H]2CC[C@H]21)C[C@@]1(CCCc2cc(Cl)ccc21)CO3. The summed E-state index contributed by atoms with van der Waals surface area (Å²) >= 11 is 6.44. The summed E-state index contributed by atoms with van der Waals surface area (Å²) in [5.74, 6) is 0.0729. The van der Waals surface area contributed by atoms with Crippen LogP contribution in [0.2, 0.25) is 5.02 Å². The second-order valence-electron chi connectivity index (χ2n) is 13.6. The van der Waals surface area contributed by atoms with Gasteiger partial charge < -0.3 is 34.2 Å². The van der Waals surface area contributed by atoms with Gasteiger partial charge in [-0.3, -0.25) is 4.79 Å². The lowest BCUT2D eigenvalue weighted by atomic mass is 9.68. The highest BCUT2D eigenvalue weighted by Gasteiger charge is 2.45. The van der Waals surface area contributed by atoms with Gasteiger partial charge in [0.1, 0.15) is 18.0 Å². The van der Waals surface area contributed by atoms with Crippen LogP contribution in [0.1, 0.15) is 55.2 Å². The number of halogens is 1. The average Bonchev–Trinajstić information content (AvgIpc) is 3.16. The molecule has 2 N–H and O–H groups in total. The van der Waals surface area contributed by atoms with Gasteiger partial charge in [-0.15, -0.1) is 0 Å². The highest BCUT2D eigenvalue weighted by molar-refractivity contribution is 6.30. The van der Waals surface area contributed by atoms with Gasteiger partial charge >= 0.3 is 5.97 Å². The molecule has 2 aromatic carbocycles. The Hall–Kier alpha value is -3.11. The fourth-order valence-corrected chi connectivity index (χ4v) is 8.08. The first-order chi connectivity index (χ1) is 22.1. The van der Waals surface area contributed by atoms with Crippen molar-refractivity contribution in [2.24, 2.45) is 11.8 Å².